The Morgan fingerprint density at radius 3 is 3.12 bits per heavy atom. The fourth-order valence-corrected chi connectivity index (χ4v) is 1.38. The normalized spacial score (nSPS) is 10.4. The third-order valence-electron chi connectivity index (χ3n) is 2.22. The van der Waals surface area contributed by atoms with Crippen molar-refractivity contribution in [1.29, 1.82) is 0 Å². The molecule has 0 saturated carbocycles. The van der Waals surface area contributed by atoms with E-state index in [0.29, 0.717) is 6.54 Å². The van der Waals surface area contributed by atoms with Crippen molar-refractivity contribution in [2.45, 2.75) is 26.3 Å². The second-order valence-corrected chi connectivity index (χ2v) is 3.62. The fraction of sp³-hybridized carbons (Fsp3) is 0.400. The Morgan fingerprint density at radius 1 is 1.53 bits per heavy atom. The molecule has 1 amide bonds. The van der Waals surface area contributed by atoms with Gasteiger partial charge in [0.15, 0.2) is 0 Å². The van der Waals surface area contributed by atoms with Crippen molar-refractivity contribution < 1.29 is 4.79 Å². The zero-order valence-corrected chi connectivity index (χ0v) is 9.53. The van der Waals surface area contributed by atoms with E-state index in [1.807, 2.05) is 6.92 Å². The van der Waals surface area contributed by atoms with Crippen LogP contribution in [-0.4, -0.2) is 31.1 Å². The van der Waals surface area contributed by atoms with Crippen LogP contribution in [0, 0.1) is 0 Å². The molecule has 2 aromatic rings. The van der Waals surface area contributed by atoms with Gasteiger partial charge in [0.2, 0.25) is 5.82 Å². The summed E-state index contributed by atoms with van der Waals surface area (Å²) in [5, 5.41) is 9.30. The maximum Gasteiger partial charge on any atom is 0.291 e. The molecule has 7 nitrogen and oxygen atoms in total. The number of amides is 1. The highest BCUT2D eigenvalue weighted by Crippen LogP contribution is 1.97. The Morgan fingerprint density at radius 2 is 2.41 bits per heavy atom. The lowest BCUT2D eigenvalue weighted by atomic mass is 10.3. The van der Waals surface area contributed by atoms with Crippen LogP contribution in [0.15, 0.2) is 12.5 Å². The van der Waals surface area contributed by atoms with Crippen LogP contribution < -0.4 is 5.32 Å². The average Bonchev–Trinajstić information content (AvgIpc) is 2.97. The molecule has 0 bridgehead atoms. The molecule has 0 fully saturated rings. The van der Waals surface area contributed by atoms with Gasteiger partial charge in [-0.2, -0.15) is 0 Å². The predicted molar refractivity (Wildman–Crippen MR) is 60.1 cm³/mol. The molecular formula is C10H14N6O. The summed E-state index contributed by atoms with van der Waals surface area (Å²) in [5.41, 5.74) is 0.836. The maximum absolute atomic E-state index is 11.7. The number of nitrogens with one attached hydrogen (secondary N) is 3. The van der Waals surface area contributed by atoms with Crippen molar-refractivity contribution in [2.24, 2.45) is 0 Å². The molecule has 90 valence electrons. The van der Waals surface area contributed by atoms with E-state index in [1.54, 1.807) is 12.5 Å². The first-order chi connectivity index (χ1) is 8.29. The van der Waals surface area contributed by atoms with Gasteiger partial charge in [0.25, 0.3) is 5.91 Å². The zero-order chi connectivity index (χ0) is 12.1. The maximum atomic E-state index is 11.7. The molecule has 0 spiro atoms. The van der Waals surface area contributed by atoms with Gasteiger partial charge in [0.05, 0.1) is 18.6 Å². The largest absolute Gasteiger partial charge is 0.347 e. The molecule has 3 N–H and O–H groups in total. The number of aromatic nitrogens is 5. The highest BCUT2D eigenvalue weighted by Gasteiger charge is 2.11. The summed E-state index contributed by atoms with van der Waals surface area (Å²) in [5.74, 6) is 0.616. The van der Waals surface area contributed by atoms with Crippen LogP contribution in [0.2, 0.25) is 0 Å². The molecule has 0 aliphatic rings. The molecule has 7 heteroatoms. The first-order valence-electron chi connectivity index (χ1n) is 5.46. The topological polar surface area (TPSA) is 99.3 Å². The summed E-state index contributed by atoms with van der Waals surface area (Å²) in [7, 11) is 0. The fourth-order valence-electron chi connectivity index (χ4n) is 1.38. The molecule has 2 heterocycles. The Hall–Kier alpha value is -2.18. The lowest BCUT2D eigenvalue weighted by Crippen LogP contribution is -2.24. The average molecular weight is 234 g/mol. The van der Waals surface area contributed by atoms with Gasteiger partial charge >= 0.3 is 0 Å². The van der Waals surface area contributed by atoms with Crippen molar-refractivity contribution >= 4 is 5.91 Å². The van der Waals surface area contributed by atoms with Crippen LogP contribution in [0.5, 0.6) is 0 Å². The van der Waals surface area contributed by atoms with Gasteiger partial charge in [-0.1, -0.05) is 6.92 Å². The minimum absolute atomic E-state index is 0.174. The van der Waals surface area contributed by atoms with E-state index < -0.39 is 0 Å². The van der Waals surface area contributed by atoms with Gasteiger partial charge in [0.1, 0.15) is 5.82 Å². The van der Waals surface area contributed by atoms with Crippen LogP contribution in [0.1, 0.15) is 35.5 Å². The van der Waals surface area contributed by atoms with E-state index in [4.69, 9.17) is 0 Å². The summed E-state index contributed by atoms with van der Waals surface area (Å²) in [6.07, 6.45) is 4.97. The second kappa shape index (κ2) is 5.24. The van der Waals surface area contributed by atoms with E-state index in [-0.39, 0.29) is 11.7 Å². The van der Waals surface area contributed by atoms with Crippen LogP contribution in [-0.2, 0) is 13.0 Å². The number of nitrogens with zero attached hydrogens (tertiary/aromatic N) is 3. The molecule has 0 radical (unpaired) electrons. The molecule has 2 aromatic heterocycles. The first kappa shape index (κ1) is 11.3. The molecule has 2 rings (SSSR count). The summed E-state index contributed by atoms with van der Waals surface area (Å²) in [4.78, 5) is 22.5. The first-order valence-corrected chi connectivity index (χ1v) is 5.46. The summed E-state index contributed by atoms with van der Waals surface area (Å²) < 4.78 is 0. The molecular weight excluding hydrogens is 220 g/mol. The van der Waals surface area contributed by atoms with Crippen molar-refractivity contribution in [3.63, 3.8) is 0 Å². The van der Waals surface area contributed by atoms with E-state index in [1.165, 1.54) is 0 Å². The van der Waals surface area contributed by atoms with E-state index in [9.17, 15) is 4.79 Å². The number of H-pyrrole nitrogens is 2. The molecule has 0 atom stereocenters. The quantitative estimate of drug-likeness (QED) is 0.697. The number of aryl methyl sites for hydroxylation is 1. The van der Waals surface area contributed by atoms with E-state index in [0.717, 1.165) is 24.4 Å². The Kier molecular flexibility index (Phi) is 3.49. The number of hydrogen-bond acceptors (Lipinski definition) is 4. The van der Waals surface area contributed by atoms with Gasteiger partial charge in [-0.15, -0.1) is 5.10 Å². The van der Waals surface area contributed by atoms with Crippen LogP contribution in [0.25, 0.3) is 0 Å². The van der Waals surface area contributed by atoms with Crippen molar-refractivity contribution in [3.05, 3.63) is 29.9 Å². The van der Waals surface area contributed by atoms with Crippen LogP contribution >= 0.6 is 0 Å². The number of rotatable bonds is 5. The third-order valence-corrected chi connectivity index (χ3v) is 2.22. The number of imidazole rings is 1. The van der Waals surface area contributed by atoms with Crippen molar-refractivity contribution in [1.82, 2.24) is 30.5 Å². The smallest absolute Gasteiger partial charge is 0.291 e. The Balaban J connectivity index is 1.90. The third kappa shape index (κ3) is 2.90. The summed E-state index contributed by atoms with van der Waals surface area (Å²) in [6, 6.07) is 0. The van der Waals surface area contributed by atoms with Gasteiger partial charge in [-0.05, 0) is 6.42 Å². The molecule has 17 heavy (non-hydrogen) atoms. The number of carbonyl (C=O) groups is 1. The van der Waals surface area contributed by atoms with Crippen LogP contribution in [0.3, 0.4) is 0 Å². The number of hydrogen-bond donors (Lipinski definition) is 3. The van der Waals surface area contributed by atoms with Gasteiger partial charge in [-0.3, -0.25) is 9.89 Å². The van der Waals surface area contributed by atoms with Gasteiger partial charge < -0.3 is 10.3 Å². The van der Waals surface area contributed by atoms with Crippen molar-refractivity contribution in [3.8, 4) is 0 Å². The summed E-state index contributed by atoms with van der Waals surface area (Å²) >= 11 is 0. The lowest BCUT2D eigenvalue weighted by Gasteiger charge is -1.98. The van der Waals surface area contributed by atoms with E-state index >= 15 is 0 Å². The van der Waals surface area contributed by atoms with E-state index in [2.05, 4.69) is 30.5 Å². The highest BCUT2D eigenvalue weighted by molar-refractivity contribution is 5.90. The monoisotopic (exact) mass is 234 g/mol. The number of carbonyl (C=O) groups excluding carboxylic acids is 1. The number of aromatic amines is 2. The second-order valence-electron chi connectivity index (χ2n) is 3.62. The minimum Gasteiger partial charge on any atom is -0.347 e. The predicted octanol–water partition coefficient (Wildman–Crippen LogP) is 0.410. The Labute approximate surface area is 98.1 Å². The molecule has 0 aromatic carbocycles. The van der Waals surface area contributed by atoms with Crippen molar-refractivity contribution in [2.75, 3.05) is 0 Å². The molecule has 0 saturated heterocycles. The SMILES string of the molecule is CCCc1nc(C(=O)NCc2cnc[nH]2)n[nH]1. The van der Waals surface area contributed by atoms with Gasteiger partial charge in [-0.25, -0.2) is 9.97 Å². The lowest BCUT2D eigenvalue weighted by molar-refractivity contribution is 0.0940. The molecule has 0 unspecified atom stereocenters. The Bertz CT molecular complexity index is 475. The minimum atomic E-state index is -0.293. The highest BCUT2D eigenvalue weighted by atomic mass is 16.2. The summed E-state index contributed by atoms with van der Waals surface area (Å²) in [6.45, 7) is 2.43. The van der Waals surface area contributed by atoms with Gasteiger partial charge in [0, 0.05) is 12.6 Å². The standard InChI is InChI=1S/C10H14N6O/c1-2-3-8-14-9(16-15-8)10(17)12-5-7-4-11-6-13-7/h4,6H,2-3,5H2,1H3,(H,11,13)(H,12,17)(H,14,15,16). The zero-order valence-electron chi connectivity index (χ0n) is 9.53. The molecule has 0 aliphatic carbocycles. The molecule has 0 aliphatic heterocycles. The van der Waals surface area contributed by atoms with Crippen LogP contribution in [0.4, 0.5) is 0 Å².